The van der Waals surface area contributed by atoms with Gasteiger partial charge in [0, 0.05) is 7.05 Å². The molecule has 0 fully saturated rings. The smallest absolute Gasteiger partial charge is 0.0769 e. The average Bonchev–Trinajstić information content (AvgIpc) is 2.27. The first-order valence-electron chi connectivity index (χ1n) is 3.78. The van der Waals surface area contributed by atoms with Crippen molar-refractivity contribution in [3.05, 3.63) is 34.7 Å². The number of benzene rings is 1. The lowest BCUT2D eigenvalue weighted by Gasteiger charge is -2.35. The highest BCUT2D eigenvalue weighted by atomic mass is 16.9. The Balaban J connectivity index is 3.02. The highest BCUT2D eigenvalue weighted by molar-refractivity contribution is 5.70. The molecule has 7 nitrogen and oxygen atoms in total. The van der Waals surface area contributed by atoms with Gasteiger partial charge in [0.15, 0.2) is 0 Å². The Hall–Kier alpha value is -1.38. The summed E-state index contributed by atoms with van der Waals surface area (Å²) in [5.41, 5.74) is 2.46. The van der Waals surface area contributed by atoms with E-state index in [1.54, 1.807) is 12.1 Å². The molecule has 0 atom stereocenters. The van der Waals surface area contributed by atoms with Crippen LogP contribution in [-0.4, -0.2) is 7.05 Å². The Morgan fingerprint density at radius 2 is 1.86 bits per heavy atom. The predicted molar refractivity (Wildman–Crippen MR) is 52.5 cm³/mol. The van der Waals surface area contributed by atoms with Crippen molar-refractivity contribution < 1.29 is 4.94 Å². The van der Waals surface area contributed by atoms with Crippen molar-refractivity contribution in [1.29, 1.82) is 0 Å². The van der Waals surface area contributed by atoms with Crippen molar-refractivity contribution in [1.82, 2.24) is 5.43 Å². The largest absolute Gasteiger partial charge is 0.743 e. The van der Waals surface area contributed by atoms with Crippen molar-refractivity contribution >= 4 is 11.4 Å². The van der Waals surface area contributed by atoms with Crippen LogP contribution in [0.5, 0.6) is 0 Å². The maximum absolute atomic E-state index is 11.2. The van der Waals surface area contributed by atoms with E-state index >= 15 is 0 Å². The zero-order valence-corrected chi connectivity index (χ0v) is 7.51. The van der Waals surface area contributed by atoms with Gasteiger partial charge in [-0.3, -0.25) is 5.23 Å². The Morgan fingerprint density at radius 3 is 2.36 bits per heavy atom. The quantitative estimate of drug-likeness (QED) is 0.668. The minimum Gasteiger partial charge on any atom is -0.743 e. The van der Waals surface area contributed by atoms with Gasteiger partial charge in [-0.2, -0.15) is 10.8 Å². The molecule has 3 N–H and O–H groups in total. The summed E-state index contributed by atoms with van der Waals surface area (Å²) >= 11 is 0. The van der Waals surface area contributed by atoms with Gasteiger partial charge in [-0.05, 0) is 12.1 Å². The van der Waals surface area contributed by atoms with Gasteiger partial charge >= 0.3 is 0 Å². The Morgan fingerprint density at radius 1 is 1.29 bits per heavy atom. The summed E-state index contributed by atoms with van der Waals surface area (Å²) in [5, 5.41) is 22.7. The van der Waals surface area contributed by atoms with Crippen molar-refractivity contribution in [2.45, 2.75) is 0 Å². The third-order valence-electron chi connectivity index (χ3n) is 1.60. The summed E-state index contributed by atoms with van der Waals surface area (Å²) in [6.45, 7) is 0. The maximum Gasteiger partial charge on any atom is 0.0769 e. The number of anilines is 2. The lowest BCUT2D eigenvalue weighted by Crippen LogP contribution is -2.31. The lowest BCUT2D eigenvalue weighted by atomic mass is 10.3. The molecule has 1 rings (SSSR count). The van der Waals surface area contributed by atoms with Crippen LogP contribution in [0, 0.1) is 10.4 Å². The molecule has 1 aromatic rings. The summed E-state index contributed by atoms with van der Waals surface area (Å²) in [7, 11) is 1.43. The first-order chi connectivity index (χ1) is 6.70. The molecule has 0 saturated carbocycles. The Kier molecular flexibility index (Phi) is 3.63. The molecule has 0 aliphatic carbocycles. The fourth-order valence-electron chi connectivity index (χ4n) is 0.968. The number of hydrogen-bond acceptors (Lipinski definition) is 7. The van der Waals surface area contributed by atoms with E-state index in [0.29, 0.717) is 5.17 Å². The SMILES string of the molecule is CNN([O-])c1ccccc1N([O-])ON. The van der Waals surface area contributed by atoms with Crippen molar-refractivity contribution in [2.75, 3.05) is 17.4 Å². The zero-order valence-electron chi connectivity index (χ0n) is 7.51. The molecule has 0 bridgehead atoms. The molecule has 78 valence electrons. The lowest BCUT2D eigenvalue weighted by molar-refractivity contribution is 0.136. The molecular weight excluding hydrogens is 188 g/mol. The minimum atomic E-state index is 0.0272. The second kappa shape index (κ2) is 4.74. The number of para-hydroxylation sites is 2. The highest BCUT2D eigenvalue weighted by Crippen LogP contribution is 2.26. The van der Waals surface area contributed by atoms with Crippen LogP contribution in [0.2, 0.25) is 0 Å². The van der Waals surface area contributed by atoms with Gasteiger partial charge in [0.1, 0.15) is 0 Å². The van der Waals surface area contributed by atoms with Gasteiger partial charge in [0.25, 0.3) is 0 Å². The summed E-state index contributed by atoms with van der Waals surface area (Å²) in [6.07, 6.45) is 0. The van der Waals surface area contributed by atoms with E-state index in [2.05, 4.69) is 16.3 Å². The Bertz CT molecular complexity index is 267. The van der Waals surface area contributed by atoms with Crippen LogP contribution in [0.1, 0.15) is 0 Å². The maximum atomic E-state index is 11.2. The van der Waals surface area contributed by atoms with Gasteiger partial charge in [-0.25, -0.2) is 5.43 Å². The van der Waals surface area contributed by atoms with Crippen LogP contribution in [0.4, 0.5) is 11.4 Å². The first kappa shape index (κ1) is 10.7. The second-order valence-electron chi connectivity index (χ2n) is 2.37. The molecule has 0 heterocycles. The number of nitrogens with one attached hydrogen (secondary N) is 1. The normalized spacial score (nSPS) is 10.0. The molecular formula is C7H10N4O3-2. The summed E-state index contributed by atoms with van der Waals surface area (Å²) in [5.74, 6) is 4.69. The first-order valence-corrected chi connectivity index (χ1v) is 3.78. The summed E-state index contributed by atoms with van der Waals surface area (Å²) < 4.78 is 0. The van der Waals surface area contributed by atoms with Crippen molar-refractivity contribution in [3.63, 3.8) is 0 Å². The van der Waals surface area contributed by atoms with E-state index in [1.807, 2.05) is 0 Å². The van der Waals surface area contributed by atoms with E-state index in [-0.39, 0.29) is 16.6 Å². The van der Waals surface area contributed by atoms with E-state index in [1.165, 1.54) is 19.2 Å². The number of hydrazine groups is 1. The topological polar surface area (TPSA) is 99.9 Å². The zero-order chi connectivity index (χ0) is 10.6. The van der Waals surface area contributed by atoms with Crippen LogP contribution in [0.15, 0.2) is 24.3 Å². The van der Waals surface area contributed by atoms with Crippen LogP contribution < -0.4 is 21.7 Å². The van der Waals surface area contributed by atoms with Crippen LogP contribution in [0.3, 0.4) is 0 Å². The molecule has 14 heavy (non-hydrogen) atoms. The molecule has 0 amide bonds. The molecule has 1 aromatic carbocycles. The second-order valence-corrected chi connectivity index (χ2v) is 2.37. The van der Waals surface area contributed by atoms with E-state index < -0.39 is 0 Å². The third kappa shape index (κ3) is 2.10. The van der Waals surface area contributed by atoms with Gasteiger partial charge in [-0.1, -0.05) is 12.1 Å². The molecule has 0 aliphatic rings. The van der Waals surface area contributed by atoms with Crippen LogP contribution in [-0.2, 0) is 4.94 Å². The monoisotopic (exact) mass is 198 g/mol. The van der Waals surface area contributed by atoms with Crippen LogP contribution >= 0.6 is 0 Å². The molecule has 0 aliphatic heterocycles. The van der Waals surface area contributed by atoms with Gasteiger partial charge < -0.3 is 15.6 Å². The van der Waals surface area contributed by atoms with E-state index in [4.69, 9.17) is 0 Å². The predicted octanol–water partition coefficient (Wildman–Crippen LogP) is 0.235. The molecule has 0 spiro atoms. The molecule has 0 radical (unpaired) electrons. The standard InChI is InChI=1S/C7H10N4O3/c1-9-10(12)6-4-2-3-5-7(6)11(13)14-8/h2-5,9H,8H2,1H3/q-2. The van der Waals surface area contributed by atoms with E-state index in [0.717, 1.165) is 0 Å². The van der Waals surface area contributed by atoms with Gasteiger partial charge in [0.05, 0.1) is 11.4 Å². The fraction of sp³-hybridized carbons (Fsp3) is 0.143. The number of rotatable bonds is 4. The molecule has 0 unspecified atom stereocenters. The van der Waals surface area contributed by atoms with Crippen molar-refractivity contribution in [3.8, 4) is 0 Å². The van der Waals surface area contributed by atoms with Crippen LogP contribution in [0.25, 0.3) is 0 Å². The minimum absolute atomic E-state index is 0.0272. The van der Waals surface area contributed by atoms with Crippen molar-refractivity contribution in [2.24, 2.45) is 5.90 Å². The third-order valence-corrected chi connectivity index (χ3v) is 1.60. The summed E-state index contributed by atoms with van der Waals surface area (Å²) in [6, 6.07) is 6.08. The van der Waals surface area contributed by atoms with Gasteiger partial charge in [0.2, 0.25) is 0 Å². The Labute approximate surface area is 80.7 Å². The fourth-order valence-corrected chi connectivity index (χ4v) is 0.968. The summed E-state index contributed by atoms with van der Waals surface area (Å²) in [4.78, 5) is 3.96. The number of nitrogens with zero attached hydrogens (tertiary/aromatic N) is 2. The molecule has 7 heteroatoms. The number of hydrogen-bond donors (Lipinski definition) is 2. The average molecular weight is 198 g/mol. The number of nitrogens with two attached hydrogens (primary N) is 1. The van der Waals surface area contributed by atoms with Gasteiger partial charge in [-0.15, -0.1) is 0 Å². The molecule has 0 aromatic heterocycles. The molecule has 0 saturated heterocycles. The van der Waals surface area contributed by atoms with E-state index in [9.17, 15) is 10.4 Å². The highest BCUT2D eigenvalue weighted by Gasteiger charge is 2.03.